The second kappa shape index (κ2) is 7.09. The lowest BCUT2D eigenvalue weighted by molar-refractivity contribution is 0.0975. The third-order valence-corrected chi connectivity index (χ3v) is 4.15. The van der Waals surface area contributed by atoms with Gasteiger partial charge in [-0.05, 0) is 52.3 Å². The number of carbonyl (C=O) groups excluding carboxylic acids is 2. The monoisotopic (exact) mass is 346 g/mol. The number of carbonyl (C=O) groups is 2. The highest BCUT2D eigenvalue weighted by Gasteiger charge is 2.27. The van der Waals surface area contributed by atoms with Crippen LogP contribution in [0.1, 0.15) is 52.9 Å². The van der Waals surface area contributed by atoms with Gasteiger partial charge in [0.05, 0.1) is 7.11 Å². The van der Waals surface area contributed by atoms with Gasteiger partial charge in [0.1, 0.15) is 5.69 Å². The van der Waals surface area contributed by atoms with Crippen LogP contribution in [0.5, 0.6) is 5.75 Å². The van der Waals surface area contributed by atoms with E-state index in [0.717, 1.165) is 0 Å². The Morgan fingerprint density at radius 2 is 1.88 bits per heavy atom. The first-order chi connectivity index (χ1) is 11.7. The number of ether oxygens (including phenoxy) is 1. The highest BCUT2D eigenvalue weighted by Crippen LogP contribution is 2.28. The van der Waals surface area contributed by atoms with Gasteiger partial charge in [0.2, 0.25) is 0 Å². The molecule has 25 heavy (non-hydrogen) atoms. The maximum Gasteiger partial charge on any atom is 0.275 e. The van der Waals surface area contributed by atoms with Crippen LogP contribution in [0.3, 0.4) is 0 Å². The van der Waals surface area contributed by atoms with Gasteiger partial charge in [0, 0.05) is 29.1 Å². The van der Waals surface area contributed by atoms with Gasteiger partial charge >= 0.3 is 0 Å². The first kappa shape index (κ1) is 18.7. The lowest BCUT2D eigenvalue weighted by atomic mass is 10.1. The van der Waals surface area contributed by atoms with Crippen LogP contribution in [0, 0.1) is 19.7 Å². The van der Waals surface area contributed by atoms with Crippen molar-refractivity contribution in [1.29, 1.82) is 0 Å². The number of aromatic nitrogens is 1. The Bertz CT molecular complexity index is 824. The van der Waals surface area contributed by atoms with E-state index >= 15 is 0 Å². The number of nitrogens with one attached hydrogen (secondary N) is 1. The summed E-state index contributed by atoms with van der Waals surface area (Å²) in [5.74, 6) is -0.836. The standard InChI is InChI=1S/C19H23FN2O3/c1-10(2)22(14-7-8-16(25-6)15(20)9-14)19(24)18-11(3)17(13(5)23)12(4)21-18/h7-10,21H,1-6H3. The fourth-order valence-electron chi connectivity index (χ4n) is 3.07. The lowest BCUT2D eigenvalue weighted by Gasteiger charge is -2.27. The highest BCUT2D eigenvalue weighted by molar-refractivity contribution is 6.09. The quantitative estimate of drug-likeness (QED) is 0.831. The molecule has 0 aliphatic carbocycles. The van der Waals surface area contributed by atoms with E-state index in [1.807, 2.05) is 13.8 Å². The molecule has 134 valence electrons. The van der Waals surface area contributed by atoms with E-state index < -0.39 is 5.82 Å². The zero-order valence-electron chi connectivity index (χ0n) is 15.4. The van der Waals surface area contributed by atoms with Crippen LogP contribution >= 0.6 is 0 Å². The van der Waals surface area contributed by atoms with Gasteiger partial charge in [0.25, 0.3) is 5.91 Å². The van der Waals surface area contributed by atoms with Crippen molar-refractivity contribution in [3.05, 3.63) is 46.5 Å². The number of benzene rings is 1. The SMILES string of the molecule is COc1ccc(N(C(=O)c2[nH]c(C)c(C(C)=O)c2C)C(C)C)cc1F. The molecule has 0 aliphatic heterocycles. The summed E-state index contributed by atoms with van der Waals surface area (Å²) in [6, 6.07) is 4.19. The summed E-state index contributed by atoms with van der Waals surface area (Å²) in [7, 11) is 1.39. The minimum absolute atomic E-state index is 0.100. The summed E-state index contributed by atoms with van der Waals surface area (Å²) in [6.45, 7) is 8.65. The molecule has 5 nitrogen and oxygen atoms in total. The third kappa shape index (κ3) is 3.43. The van der Waals surface area contributed by atoms with E-state index in [4.69, 9.17) is 4.74 Å². The second-order valence-electron chi connectivity index (χ2n) is 6.27. The van der Waals surface area contributed by atoms with Gasteiger partial charge in [0.15, 0.2) is 17.3 Å². The molecule has 0 spiro atoms. The fraction of sp³-hybridized carbons (Fsp3) is 0.368. The number of nitrogens with zero attached hydrogens (tertiary/aromatic N) is 1. The average molecular weight is 346 g/mol. The fourth-order valence-corrected chi connectivity index (χ4v) is 3.07. The molecule has 1 heterocycles. The zero-order chi connectivity index (χ0) is 18.9. The van der Waals surface area contributed by atoms with Crippen molar-refractivity contribution in [2.45, 2.75) is 40.7 Å². The van der Waals surface area contributed by atoms with E-state index in [9.17, 15) is 14.0 Å². The van der Waals surface area contributed by atoms with Gasteiger partial charge in [-0.15, -0.1) is 0 Å². The first-order valence-electron chi connectivity index (χ1n) is 8.06. The molecular formula is C19H23FN2O3. The molecule has 1 aromatic carbocycles. The van der Waals surface area contributed by atoms with E-state index in [1.54, 1.807) is 19.9 Å². The molecule has 1 N–H and O–H groups in total. The minimum atomic E-state index is -0.540. The summed E-state index contributed by atoms with van der Waals surface area (Å²) >= 11 is 0. The number of halogens is 1. The number of Topliss-reactive ketones (excluding diaryl/α,β-unsaturated/α-hetero) is 1. The number of methoxy groups -OCH3 is 1. The zero-order valence-corrected chi connectivity index (χ0v) is 15.4. The summed E-state index contributed by atoms with van der Waals surface area (Å²) < 4.78 is 19.0. The van der Waals surface area contributed by atoms with Crippen LogP contribution in [-0.4, -0.2) is 29.8 Å². The second-order valence-corrected chi connectivity index (χ2v) is 6.27. The number of ketones is 1. The number of hydrogen-bond donors (Lipinski definition) is 1. The Balaban J connectivity index is 2.52. The summed E-state index contributed by atoms with van der Waals surface area (Å²) in [4.78, 5) is 29.4. The highest BCUT2D eigenvalue weighted by atomic mass is 19.1. The van der Waals surface area contributed by atoms with Crippen LogP contribution in [0.15, 0.2) is 18.2 Å². The average Bonchev–Trinajstić information content (AvgIpc) is 2.82. The normalized spacial score (nSPS) is 10.9. The number of hydrogen-bond acceptors (Lipinski definition) is 3. The Morgan fingerprint density at radius 1 is 1.24 bits per heavy atom. The Hall–Kier alpha value is -2.63. The maximum atomic E-state index is 14.1. The van der Waals surface area contributed by atoms with E-state index in [1.165, 1.54) is 31.1 Å². The van der Waals surface area contributed by atoms with Gasteiger partial charge in [-0.1, -0.05) is 0 Å². The molecule has 2 rings (SSSR count). The largest absolute Gasteiger partial charge is 0.494 e. The Kier molecular flexibility index (Phi) is 5.30. The number of H-pyrrole nitrogens is 1. The molecule has 1 aromatic heterocycles. The Labute approximate surface area is 146 Å². The minimum Gasteiger partial charge on any atom is -0.494 e. The molecule has 6 heteroatoms. The number of aryl methyl sites for hydroxylation is 1. The van der Waals surface area contributed by atoms with Crippen molar-refractivity contribution in [2.75, 3.05) is 12.0 Å². The predicted octanol–water partition coefficient (Wildman–Crippen LogP) is 4.04. The number of anilines is 1. The van der Waals surface area contributed by atoms with Crippen molar-refractivity contribution >= 4 is 17.4 Å². The first-order valence-corrected chi connectivity index (χ1v) is 8.06. The van der Waals surface area contributed by atoms with Crippen LogP contribution in [0.4, 0.5) is 10.1 Å². The van der Waals surface area contributed by atoms with Gasteiger partial charge in [-0.2, -0.15) is 0 Å². The smallest absolute Gasteiger partial charge is 0.275 e. The molecular weight excluding hydrogens is 323 g/mol. The van der Waals surface area contributed by atoms with Crippen LogP contribution in [0.25, 0.3) is 0 Å². The topological polar surface area (TPSA) is 62.4 Å². The predicted molar refractivity (Wildman–Crippen MR) is 95.2 cm³/mol. The maximum absolute atomic E-state index is 14.1. The molecule has 0 aliphatic rings. The Morgan fingerprint density at radius 3 is 2.32 bits per heavy atom. The van der Waals surface area contributed by atoms with Crippen molar-refractivity contribution in [3.63, 3.8) is 0 Å². The van der Waals surface area contributed by atoms with E-state index in [2.05, 4.69) is 4.98 Å². The molecule has 1 amide bonds. The van der Waals surface area contributed by atoms with Crippen LogP contribution < -0.4 is 9.64 Å². The molecule has 0 bridgehead atoms. The van der Waals surface area contributed by atoms with E-state index in [-0.39, 0.29) is 23.5 Å². The molecule has 0 atom stereocenters. The summed E-state index contributed by atoms with van der Waals surface area (Å²) in [5, 5.41) is 0. The van der Waals surface area contributed by atoms with Crippen LogP contribution in [0.2, 0.25) is 0 Å². The van der Waals surface area contributed by atoms with Gasteiger partial charge < -0.3 is 14.6 Å². The summed E-state index contributed by atoms with van der Waals surface area (Å²) in [6.07, 6.45) is 0. The third-order valence-electron chi connectivity index (χ3n) is 4.15. The van der Waals surface area contributed by atoms with Crippen molar-refractivity contribution < 1.29 is 18.7 Å². The number of amides is 1. The number of rotatable bonds is 5. The van der Waals surface area contributed by atoms with Gasteiger partial charge in [-0.3, -0.25) is 9.59 Å². The van der Waals surface area contributed by atoms with Crippen molar-refractivity contribution in [1.82, 2.24) is 4.98 Å². The number of aromatic amines is 1. The molecule has 0 saturated carbocycles. The molecule has 0 radical (unpaired) electrons. The molecule has 0 fully saturated rings. The summed E-state index contributed by atoms with van der Waals surface area (Å²) in [5.41, 5.74) is 2.54. The van der Waals surface area contributed by atoms with Gasteiger partial charge in [-0.25, -0.2) is 4.39 Å². The molecule has 0 saturated heterocycles. The van der Waals surface area contributed by atoms with Crippen molar-refractivity contribution in [3.8, 4) is 5.75 Å². The lowest BCUT2D eigenvalue weighted by Crippen LogP contribution is -2.37. The van der Waals surface area contributed by atoms with Crippen LogP contribution in [-0.2, 0) is 0 Å². The molecule has 0 unspecified atom stereocenters. The molecule has 2 aromatic rings. The van der Waals surface area contributed by atoms with E-state index in [0.29, 0.717) is 28.2 Å². The van der Waals surface area contributed by atoms with Crippen molar-refractivity contribution in [2.24, 2.45) is 0 Å².